The fourth-order valence-corrected chi connectivity index (χ4v) is 12.4. The number of likely N-dealkylation sites (tertiary alicyclic amines) is 3. The predicted octanol–water partition coefficient (Wildman–Crippen LogP) is 6.28. The molecule has 38 nitrogen and oxygen atoms in total. The molecule has 0 aromatic rings. The zero-order chi connectivity index (χ0) is 93.0. The summed E-state index contributed by atoms with van der Waals surface area (Å²) in [5.74, 6) is -6.81. The number of rotatable bonds is 19. The van der Waals surface area contributed by atoms with Gasteiger partial charge in [0.2, 0.25) is 23.6 Å². The normalized spacial score (nSPS) is 24.2. The highest BCUT2D eigenvalue weighted by atomic mass is 35.5. The zero-order valence-corrected chi connectivity index (χ0v) is 77.2. The standard InChI is InChI=1S/C24H39N3O7.C17H30N2O6.C16H28N2O6.C11H21NO4.C8H13NO2.C5H9NO3.CH4.2ClH/c1-9-14-12-24(14,20(31)33-10-2)26-18(29)16-11-15(28)13-27(16)19(30)17(22(3,4)5)25-21(32)34-23(6,7)8;1-16(2,3)12(18-15(23)25-17(4,5)6)13(21)19-9-10(20)8-11(19)14(22)24-7;1-15(2,3)11(17-14(23)24-16(4,5)6)12(20)18-8-9(19)7-10(18)13(21)22;1-10(2,3)7(8(13)14)12-9(15)16-11(4,5)6;1-3-6-5-8(6,9)7(10)11-4-2;7-3-1-4(5(8)9)6-2-3;;;/h9,14-17,28H,1,10-13H2,2-8H3,(H,25,32)(H,26,29);10-12,20H,8-9H2,1-7H3,(H,18,23);9-11,19H,7-8H2,1-6H3,(H,17,23)(H,21,22);7H,1-6H3,(H,12,15)(H,13,14);3,6H,1,4-5,9H2,2H3;3-4,6-7H,1-2H2,(H,8,9);1H4;2*1H/t14-,15+,16+,17-,24-;10-,11-,12+;9-,10-,11+;;6-,8-;3-,4-;;;/m100.10.../s1. The maximum atomic E-state index is 13.5. The van der Waals surface area contributed by atoms with E-state index < -0.39 is 206 Å². The third-order valence-electron chi connectivity index (χ3n) is 18.5. The molecule has 15 N–H and O–H groups in total. The maximum absolute atomic E-state index is 13.5. The van der Waals surface area contributed by atoms with Crippen molar-refractivity contribution in [1.82, 2.24) is 46.6 Å². The van der Waals surface area contributed by atoms with Crippen molar-refractivity contribution in [1.29, 1.82) is 0 Å². The Morgan fingerprint density at radius 1 is 0.459 bits per heavy atom. The second-order valence-electron chi connectivity index (χ2n) is 38.4. The minimum absolute atomic E-state index is 0. The second-order valence-corrected chi connectivity index (χ2v) is 38.4. The Balaban J connectivity index is -0.00000145. The van der Waals surface area contributed by atoms with Gasteiger partial charge in [0.25, 0.3) is 0 Å². The first kappa shape index (κ1) is 118. The molecule has 6 aliphatic rings. The van der Waals surface area contributed by atoms with E-state index in [0.717, 1.165) is 4.90 Å². The minimum Gasteiger partial charge on any atom is -0.480 e. The third kappa shape index (κ3) is 38.8. The van der Waals surface area contributed by atoms with Crippen molar-refractivity contribution in [3.8, 4) is 0 Å². The number of carbonyl (C=O) groups excluding carboxylic acids is 11. The van der Waals surface area contributed by atoms with Crippen LogP contribution in [0.5, 0.6) is 0 Å². The molecule has 4 heterocycles. The van der Waals surface area contributed by atoms with Crippen LogP contribution < -0.4 is 37.6 Å². The molecule has 40 heteroatoms. The lowest BCUT2D eigenvalue weighted by atomic mass is 9.85. The number of nitrogens with two attached hydrogens (primary N) is 1. The number of aliphatic hydroxyl groups excluding tert-OH is 4. The van der Waals surface area contributed by atoms with Gasteiger partial charge >= 0.3 is 60.2 Å². The van der Waals surface area contributed by atoms with Gasteiger partial charge in [0.05, 0.1) is 44.7 Å². The average Bonchev–Trinajstić information content (AvgIpc) is 1.58. The van der Waals surface area contributed by atoms with Crippen molar-refractivity contribution >= 4 is 109 Å². The summed E-state index contributed by atoms with van der Waals surface area (Å²) in [6.45, 7) is 53.4. The molecule has 8 amide bonds. The Morgan fingerprint density at radius 3 is 1.02 bits per heavy atom. The predicted molar refractivity (Wildman–Crippen MR) is 455 cm³/mol. The van der Waals surface area contributed by atoms with E-state index >= 15 is 0 Å². The van der Waals surface area contributed by atoms with Gasteiger partial charge in [0.1, 0.15) is 81.8 Å². The fourth-order valence-electron chi connectivity index (χ4n) is 12.4. The average molecular weight is 1790 g/mol. The van der Waals surface area contributed by atoms with Gasteiger partial charge in [-0.25, -0.2) is 38.4 Å². The molecule has 1 unspecified atom stereocenters. The van der Waals surface area contributed by atoms with Gasteiger partial charge in [-0.15, -0.1) is 38.0 Å². The summed E-state index contributed by atoms with van der Waals surface area (Å²) in [5.41, 5.74) is -1.65. The molecule has 0 spiro atoms. The largest absolute Gasteiger partial charge is 0.480 e. The van der Waals surface area contributed by atoms with Gasteiger partial charge in [-0.3, -0.25) is 28.8 Å². The molecule has 4 saturated heterocycles. The molecule has 6 rings (SSSR count). The number of aliphatic carboxylic acids is 3. The summed E-state index contributed by atoms with van der Waals surface area (Å²) in [7, 11) is 1.23. The zero-order valence-electron chi connectivity index (χ0n) is 75.6. The summed E-state index contributed by atoms with van der Waals surface area (Å²) in [5, 5.41) is 80.8. The van der Waals surface area contributed by atoms with E-state index in [1.165, 1.54) is 16.9 Å². The van der Waals surface area contributed by atoms with Crippen LogP contribution in [0.3, 0.4) is 0 Å². The lowest BCUT2D eigenvalue weighted by molar-refractivity contribution is -0.152. The van der Waals surface area contributed by atoms with E-state index in [-0.39, 0.29) is 95.5 Å². The number of alkyl carbamates (subject to hydrolysis) is 4. The van der Waals surface area contributed by atoms with E-state index in [9.17, 15) is 87.5 Å². The number of esters is 3. The van der Waals surface area contributed by atoms with Gasteiger partial charge in [-0.05, 0) is 131 Å². The van der Waals surface area contributed by atoms with Crippen LogP contribution in [0.25, 0.3) is 0 Å². The highest BCUT2D eigenvalue weighted by molar-refractivity contribution is 5.97. The summed E-state index contributed by atoms with van der Waals surface area (Å²) < 4.78 is 35.4. The van der Waals surface area contributed by atoms with E-state index in [2.05, 4.69) is 45.1 Å². The Labute approximate surface area is 731 Å². The van der Waals surface area contributed by atoms with Crippen LogP contribution in [0, 0.1) is 33.5 Å². The van der Waals surface area contributed by atoms with E-state index in [1.807, 2.05) is 0 Å². The van der Waals surface area contributed by atoms with Crippen LogP contribution in [-0.4, -0.2) is 287 Å². The molecule has 2 aliphatic carbocycles. The molecule has 6 fully saturated rings. The van der Waals surface area contributed by atoms with Crippen LogP contribution in [-0.2, 0) is 81.1 Å². The highest BCUT2D eigenvalue weighted by Gasteiger charge is 2.62. The molecule has 0 bridgehead atoms. The number of nitrogens with one attached hydrogen (secondary N) is 6. The molecular formula is C82H146Cl2N10O28. The second kappa shape index (κ2) is 47.6. The van der Waals surface area contributed by atoms with Gasteiger partial charge in [-0.1, -0.05) is 103 Å². The fraction of sp³-hybridized carbons (Fsp3) is 0.780. The summed E-state index contributed by atoms with van der Waals surface area (Å²) in [4.78, 5) is 172. The number of methoxy groups -OCH3 is 1. The number of carboxylic acid groups (broad SMARTS) is 3. The van der Waals surface area contributed by atoms with Gasteiger partial charge in [-0.2, -0.15) is 0 Å². The molecule has 0 radical (unpaired) electrons. The maximum Gasteiger partial charge on any atom is 0.408 e. The van der Waals surface area contributed by atoms with Crippen LogP contribution in [0.15, 0.2) is 25.3 Å². The van der Waals surface area contributed by atoms with Crippen molar-refractivity contribution in [3.63, 3.8) is 0 Å². The summed E-state index contributed by atoms with van der Waals surface area (Å²) >= 11 is 0. The molecule has 4 aliphatic heterocycles. The van der Waals surface area contributed by atoms with Crippen molar-refractivity contribution < 1.29 is 136 Å². The molecule has 0 aromatic heterocycles. The summed E-state index contributed by atoms with van der Waals surface area (Å²) in [6, 6.07) is -7.38. The van der Waals surface area contributed by atoms with Crippen molar-refractivity contribution in [2.24, 2.45) is 39.2 Å². The topological polar surface area (TPSA) is 553 Å². The number of ether oxygens (including phenoxy) is 7. The molecule has 122 heavy (non-hydrogen) atoms. The molecule has 2 saturated carbocycles. The number of β-amino-alcohol motifs (C(OH)–C–C–N with tert-alkyl or cyclic N) is 4. The first-order valence-electron chi connectivity index (χ1n) is 39.6. The number of carbonyl (C=O) groups is 14. The van der Waals surface area contributed by atoms with Crippen LogP contribution in [0.2, 0.25) is 0 Å². The lowest BCUT2D eigenvalue weighted by Crippen LogP contribution is -2.59. The Morgan fingerprint density at radius 2 is 0.770 bits per heavy atom. The Kier molecular flexibility index (Phi) is 46.0. The van der Waals surface area contributed by atoms with Crippen molar-refractivity contribution in [3.05, 3.63) is 25.3 Å². The quantitative estimate of drug-likeness (QED) is 0.0384. The molecule has 0 aromatic carbocycles. The van der Waals surface area contributed by atoms with E-state index in [0.29, 0.717) is 32.4 Å². The Bertz CT molecular complexity index is 3550. The molecule has 16 atom stereocenters. The van der Waals surface area contributed by atoms with Crippen LogP contribution >= 0.6 is 24.8 Å². The third-order valence-corrected chi connectivity index (χ3v) is 18.5. The first-order valence-corrected chi connectivity index (χ1v) is 39.6. The highest BCUT2D eigenvalue weighted by Crippen LogP contribution is 2.46. The number of carboxylic acids is 3. The smallest absolute Gasteiger partial charge is 0.408 e. The van der Waals surface area contributed by atoms with Gasteiger partial charge in [0.15, 0.2) is 0 Å². The van der Waals surface area contributed by atoms with E-state index in [1.54, 1.807) is 192 Å². The number of halogens is 2. The van der Waals surface area contributed by atoms with Gasteiger partial charge in [0, 0.05) is 63.7 Å². The van der Waals surface area contributed by atoms with Crippen molar-refractivity contribution in [2.75, 3.05) is 46.5 Å². The van der Waals surface area contributed by atoms with Crippen LogP contribution in [0.1, 0.15) is 226 Å². The van der Waals surface area contributed by atoms with Crippen LogP contribution in [0.4, 0.5) is 19.2 Å². The number of hydrogen-bond acceptors (Lipinski definition) is 27. The Hall–Kier alpha value is -8.40. The first-order chi connectivity index (χ1) is 53.8. The number of aliphatic hydroxyl groups is 4. The minimum atomic E-state index is -1.21. The number of nitrogens with zero attached hydrogens (tertiary/aromatic N) is 3. The monoisotopic (exact) mass is 1790 g/mol. The van der Waals surface area contributed by atoms with Gasteiger partial charge < -0.3 is 121 Å². The summed E-state index contributed by atoms with van der Waals surface area (Å²) in [6.07, 6.45) is -1.28. The SMILES string of the molecule is C.C=C[C@@H]1C[C@]1(N)C(=O)OCC.C=C[C@@H]1C[C@]1(NC(=O)[C@@H]1C[C@H](O)CN1C(=O)[C@@H](NC(=O)OC(C)(C)C)C(C)(C)C)C(=O)OCC.CC(C)(C)OC(=O)NC(C(=O)O)C(C)(C)C.CC(C)(C)OC(=O)N[C@H](C(=O)N1C[C@@H](O)C[C@H]1C(=O)O)C(C)(C)C.COC(=O)[C@@H]1C[C@H](O)CN1C(=O)[C@@H](NC(=O)OC(C)(C)C)C(C)(C)C.Cl.Cl.O=C(O)[C@@H]1C[C@H](O)CN1. The molecular weight excluding hydrogens is 1640 g/mol. The number of amides is 8. The number of hydrogen-bond donors (Lipinski definition) is 14. The molecule has 706 valence electrons. The van der Waals surface area contributed by atoms with E-state index in [4.69, 9.17) is 54.2 Å². The lowest BCUT2D eigenvalue weighted by Gasteiger charge is -2.36. The van der Waals surface area contributed by atoms with Crippen molar-refractivity contribution in [2.45, 2.75) is 332 Å².